The highest BCUT2D eigenvalue weighted by molar-refractivity contribution is 5.93. The molecule has 3 heterocycles. The third kappa shape index (κ3) is 4.71. The van der Waals surface area contributed by atoms with E-state index in [1.54, 1.807) is 29.2 Å². The Kier molecular flexibility index (Phi) is 6.65. The molecule has 3 aromatic heterocycles. The number of anilines is 1. The molecule has 0 saturated heterocycles. The maximum atomic E-state index is 13.5. The summed E-state index contributed by atoms with van der Waals surface area (Å²) in [5.41, 5.74) is 2.53. The Hall–Kier alpha value is -3.50. The molecule has 5 rings (SSSR count). The van der Waals surface area contributed by atoms with Gasteiger partial charge in [0.1, 0.15) is 23.1 Å². The molecule has 1 saturated carbocycles. The number of nitrogens with one attached hydrogen (secondary N) is 1. The fourth-order valence-electron chi connectivity index (χ4n) is 4.69. The summed E-state index contributed by atoms with van der Waals surface area (Å²) in [5.74, 6) is 1.02. The van der Waals surface area contributed by atoms with Gasteiger partial charge < -0.3 is 20.3 Å². The van der Waals surface area contributed by atoms with Crippen LogP contribution in [0.4, 0.5) is 10.2 Å². The van der Waals surface area contributed by atoms with Gasteiger partial charge in [0.2, 0.25) is 0 Å². The van der Waals surface area contributed by atoms with Crippen LogP contribution in [-0.4, -0.2) is 61.1 Å². The highest BCUT2D eigenvalue weighted by atomic mass is 19.1. The van der Waals surface area contributed by atoms with Crippen molar-refractivity contribution in [1.82, 2.24) is 24.5 Å². The standard InChI is InChI=1S/C25H29FN6O3/c1-27-24-10-23-22(12-28-24)25(16-11-29-31(13-16)19(14-33)15-34)30-32(23)18-5-7-20(8-6-18)35-21-4-2-3-17(26)9-21/h2-4,9-13,18-20,33-34H,5-8,14-15H2,1H3,(H,27,28)/t18-,20+. The van der Waals surface area contributed by atoms with Crippen LogP contribution < -0.4 is 10.1 Å². The molecule has 0 amide bonds. The average molecular weight is 481 g/mol. The molecule has 9 nitrogen and oxygen atoms in total. The van der Waals surface area contributed by atoms with E-state index in [-0.39, 0.29) is 31.2 Å². The van der Waals surface area contributed by atoms with E-state index in [9.17, 15) is 14.6 Å². The number of ether oxygens (including phenoxy) is 1. The highest BCUT2D eigenvalue weighted by Crippen LogP contribution is 2.36. The molecule has 0 radical (unpaired) electrons. The number of aliphatic hydroxyl groups is 2. The van der Waals surface area contributed by atoms with Gasteiger partial charge in [-0.3, -0.25) is 9.36 Å². The third-order valence-corrected chi connectivity index (χ3v) is 6.61. The largest absolute Gasteiger partial charge is 0.490 e. The van der Waals surface area contributed by atoms with Crippen molar-refractivity contribution in [2.75, 3.05) is 25.6 Å². The molecule has 1 aliphatic rings. The smallest absolute Gasteiger partial charge is 0.127 e. The second-order valence-electron chi connectivity index (χ2n) is 8.86. The Balaban J connectivity index is 1.41. The number of hydrogen-bond acceptors (Lipinski definition) is 7. The van der Waals surface area contributed by atoms with Gasteiger partial charge in [0.15, 0.2) is 0 Å². The molecule has 1 aromatic carbocycles. The van der Waals surface area contributed by atoms with Crippen LogP contribution in [-0.2, 0) is 0 Å². The minimum atomic E-state index is -0.500. The first-order valence-corrected chi connectivity index (χ1v) is 11.8. The molecule has 1 aliphatic carbocycles. The fourth-order valence-corrected chi connectivity index (χ4v) is 4.69. The van der Waals surface area contributed by atoms with Crippen LogP contribution in [0, 0.1) is 5.82 Å². The number of nitrogens with zero attached hydrogens (tertiary/aromatic N) is 5. The van der Waals surface area contributed by atoms with E-state index in [1.807, 2.05) is 19.3 Å². The van der Waals surface area contributed by atoms with E-state index >= 15 is 0 Å². The molecule has 1 fully saturated rings. The minimum Gasteiger partial charge on any atom is -0.490 e. The number of benzene rings is 1. The van der Waals surface area contributed by atoms with Gasteiger partial charge in [-0.2, -0.15) is 10.2 Å². The first kappa shape index (κ1) is 23.3. The van der Waals surface area contributed by atoms with E-state index in [1.165, 1.54) is 12.1 Å². The molecule has 3 N–H and O–H groups in total. The summed E-state index contributed by atoms with van der Waals surface area (Å²) < 4.78 is 23.2. The Bertz CT molecular complexity index is 1290. The number of hydrogen-bond donors (Lipinski definition) is 3. The maximum absolute atomic E-state index is 13.5. The zero-order chi connectivity index (χ0) is 24.4. The van der Waals surface area contributed by atoms with Crippen LogP contribution in [0.25, 0.3) is 22.2 Å². The molecular formula is C25H29FN6O3. The van der Waals surface area contributed by atoms with Gasteiger partial charge in [0.25, 0.3) is 0 Å². The van der Waals surface area contributed by atoms with Gasteiger partial charge in [-0.15, -0.1) is 0 Å². The lowest BCUT2D eigenvalue weighted by molar-refractivity contribution is 0.130. The predicted octanol–water partition coefficient (Wildman–Crippen LogP) is 3.56. The van der Waals surface area contributed by atoms with Crippen molar-refractivity contribution in [3.05, 3.63) is 54.7 Å². The number of rotatable bonds is 8. The van der Waals surface area contributed by atoms with Crippen LogP contribution in [0.1, 0.15) is 37.8 Å². The Morgan fingerprint density at radius 1 is 1.14 bits per heavy atom. The van der Waals surface area contributed by atoms with Crippen LogP contribution in [0.3, 0.4) is 0 Å². The first-order valence-electron chi connectivity index (χ1n) is 11.8. The number of aromatic nitrogens is 5. The maximum Gasteiger partial charge on any atom is 0.127 e. The van der Waals surface area contributed by atoms with Crippen molar-refractivity contribution in [2.24, 2.45) is 0 Å². The van der Waals surface area contributed by atoms with Crippen LogP contribution in [0.5, 0.6) is 5.75 Å². The summed E-state index contributed by atoms with van der Waals surface area (Å²) in [6, 6.07) is 7.96. The molecule has 0 aliphatic heterocycles. The monoisotopic (exact) mass is 480 g/mol. The lowest BCUT2D eigenvalue weighted by Crippen LogP contribution is -2.26. The Labute approximate surface area is 202 Å². The molecule has 0 spiro atoms. The lowest BCUT2D eigenvalue weighted by atomic mass is 9.93. The molecule has 0 atom stereocenters. The lowest BCUT2D eigenvalue weighted by Gasteiger charge is -2.29. The molecule has 0 bridgehead atoms. The van der Waals surface area contributed by atoms with Crippen LogP contribution >= 0.6 is 0 Å². The molecule has 10 heteroatoms. The summed E-state index contributed by atoms with van der Waals surface area (Å²) in [5, 5.41) is 32.3. The normalized spacial score (nSPS) is 18.3. The first-order chi connectivity index (χ1) is 17.1. The third-order valence-electron chi connectivity index (χ3n) is 6.61. The molecule has 0 unspecified atom stereocenters. The van der Waals surface area contributed by atoms with Crippen molar-refractivity contribution < 1.29 is 19.3 Å². The molecular weight excluding hydrogens is 451 g/mol. The van der Waals surface area contributed by atoms with E-state index in [0.717, 1.165) is 53.7 Å². The number of fused-ring (bicyclic) bond motifs is 1. The van der Waals surface area contributed by atoms with Crippen molar-refractivity contribution in [3.63, 3.8) is 0 Å². The van der Waals surface area contributed by atoms with Gasteiger partial charge in [-0.05, 0) is 37.8 Å². The van der Waals surface area contributed by atoms with Gasteiger partial charge >= 0.3 is 0 Å². The zero-order valence-electron chi connectivity index (χ0n) is 19.5. The molecule has 184 valence electrons. The second-order valence-corrected chi connectivity index (χ2v) is 8.86. The summed E-state index contributed by atoms with van der Waals surface area (Å²) in [7, 11) is 1.83. The van der Waals surface area contributed by atoms with Crippen molar-refractivity contribution in [1.29, 1.82) is 0 Å². The molecule has 35 heavy (non-hydrogen) atoms. The summed E-state index contributed by atoms with van der Waals surface area (Å²) in [4.78, 5) is 4.49. The fraction of sp³-hybridized carbons (Fsp3) is 0.400. The highest BCUT2D eigenvalue weighted by Gasteiger charge is 2.27. The van der Waals surface area contributed by atoms with Crippen molar-refractivity contribution >= 4 is 16.7 Å². The Morgan fingerprint density at radius 2 is 1.94 bits per heavy atom. The van der Waals surface area contributed by atoms with Crippen LogP contribution in [0.15, 0.2) is 48.9 Å². The molecule has 4 aromatic rings. The predicted molar refractivity (Wildman–Crippen MR) is 130 cm³/mol. The van der Waals surface area contributed by atoms with E-state index < -0.39 is 6.04 Å². The van der Waals surface area contributed by atoms with E-state index in [4.69, 9.17) is 9.84 Å². The SMILES string of the molecule is CNc1cc2c(cn1)c(-c1cnn(C(CO)CO)c1)nn2[C@H]1CC[C@@H](Oc2cccc(F)c2)CC1. The quantitative estimate of drug-likeness (QED) is 0.354. The number of aliphatic hydroxyl groups excluding tert-OH is 2. The van der Waals surface area contributed by atoms with Gasteiger partial charge in [-0.25, -0.2) is 9.37 Å². The zero-order valence-corrected chi connectivity index (χ0v) is 19.5. The van der Waals surface area contributed by atoms with E-state index in [0.29, 0.717) is 5.75 Å². The Morgan fingerprint density at radius 3 is 2.66 bits per heavy atom. The topological polar surface area (TPSA) is 110 Å². The van der Waals surface area contributed by atoms with Crippen molar-refractivity contribution in [2.45, 2.75) is 43.9 Å². The van der Waals surface area contributed by atoms with Gasteiger partial charge in [0.05, 0.1) is 43.1 Å². The number of pyridine rings is 1. The van der Waals surface area contributed by atoms with Gasteiger partial charge in [0, 0.05) is 42.5 Å². The summed E-state index contributed by atoms with van der Waals surface area (Å²) in [6.45, 7) is -0.415. The van der Waals surface area contributed by atoms with Gasteiger partial charge in [-0.1, -0.05) is 6.07 Å². The average Bonchev–Trinajstić information content (AvgIpc) is 3.50. The van der Waals surface area contributed by atoms with Crippen molar-refractivity contribution in [3.8, 4) is 17.0 Å². The summed E-state index contributed by atoms with van der Waals surface area (Å²) >= 11 is 0. The summed E-state index contributed by atoms with van der Waals surface area (Å²) in [6.07, 6.45) is 8.78. The number of halogens is 1. The van der Waals surface area contributed by atoms with Crippen LogP contribution in [0.2, 0.25) is 0 Å². The second kappa shape index (κ2) is 10.0. The minimum absolute atomic E-state index is 0.0380. The van der Waals surface area contributed by atoms with E-state index in [2.05, 4.69) is 20.1 Å².